The predicted molar refractivity (Wildman–Crippen MR) is 195 cm³/mol. The molecule has 3 nitrogen and oxygen atoms in total. The topological polar surface area (TPSA) is 29.5 Å². The van der Waals surface area contributed by atoms with Gasteiger partial charge in [-0.25, -0.2) is 0 Å². The van der Waals surface area contributed by atoms with E-state index in [1.165, 1.54) is 54.4 Å². The predicted octanol–water partition coefficient (Wildman–Crippen LogP) is 12.9. The molecule has 0 spiro atoms. The number of hydrogen-bond donors (Lipinski definition) is 0. The lowest BCUT2D eigenvalue weighted by Gasteiger charge is -2.26. The zero-order valence-electron chi connectivity index (χ0n) is 25.2. The van der Waals surface area contributed by atoms with Gasteiger partial charge in [0, 0.05) is 49.6 Å². The second-order valence-electron chi connectivity index (χ2n) is 12.5. The molecule has 8 aromatic carbocycles. The summed E-state index contributed by atoms with van der Waals surface area (Å²) in [5, 5.41) is 9.52. The minimum atomic E-state index is 0.903. The molecule has 0 amide bonds. The molecule has 0 saturated carbocycles. The molecule has 0 radical (unpaired) electrons. The molecule has 2 heterocycles. The normalized spacial score (nSPS) is 12.3. The number of anilines is 3. The van der Waals surface area contributed by atoms with E-state index in [1.807, 2.05) is 0 Å². The van der Waals surface area contributed by atoms with Crippen LogP contribution in [0.5, 0.6) is 0 Å². The van der Waals surface area contributed by atoms with Gasteiger partial charge in [0.1, 0.15) is 22.3 Å². The zero-order valence-corrected chi connectivity index (χ0v) is 25.2. The monoisotopic (exact) mass is 599 g/mol. The van der Waals surface area contributed by atoms with Crippen molar-refractivity contribution in [1.29, 1.82) is 0 Å². The summed E-state index contributed by atoms with van der Waals surface area (Å²) in [5.41, 5.74) is 11.6. The fourth-order valence-corrected chi connectivity index (χ4v) is 7.96. The molecule has 0 unspecified atom stereocenters. The second kappa shape index (κ2) is 9.12. The summed E-state index contributed by atoms with van der Waals surface area (Å²) in [7, 11) is 0. The Balaban J connectivity index is 1.21. The van der Waals surface area contributed by atoms with E-state index in [0.717, 1.165) is 50.3 Å². The number of para-hydroxylation sites is 1. The van der Waals surface area contributed by atoms with Crippen molar-refractivity contribution in [3.8, 4) is 22.3 Å². The van der Waals surface area contributed by atoms with Gasteiger partial charge in [-0.15, -0.1) is 0 Å². The van der Waals surface area contributed by atoms with Gasteiger partial charge in [-0.1, -0.05) is 91.0 Å². The van der Waals surface area contributed by atoms with E-state index in [1.54, 1.807) is 0 Å². The second-order valence-corrected chi connectivity index (χ2v) is 12.5. The molecule has 0 fully saturated rings. The van der Waals surface area contributed by atoms with E-state index in [9.17, 15) is 0 Å². The van der Waals surface area contributed by atoms with Crippen LogP contribution in [0.25, 0.3) is 87.7 Å². The van der Waals surface area contributed by atoms with Crippen LogP contribution >= 0.6 is 0 Å². The first-order chi connectivity index (χ1) is 23.3. The van der Waals surface area contributed by atoms with Gasteiger partial charge in [0.2, 0.25) is 0 Å². The van der Waals surface area contributed by atoms with Gasteiger partial charge in [0.15, 0.2) is 0 Å². The number of benzene rings is 8. The smallest absolute Gasteiger partial charge is 0.136 e. The van der Waals surface area contributed by atoms with Crippen molar-refractivity contribution in [2.45, 2.75) is 0 Å². The van der Waals surface area contributed by atoms with Crippen LogP contribution in [0.15, 0.2) is 160 Å². The molecule has 218 valence electrons. The van der Waals surface area contributed by atoms with Gasteiger partial charge in [0.25, 0.3) is 0 Å². The van der Waals surface area contributed by atoms with Crippen LogP contribution in [0.1, 0.15) is 0 Å². The minimum Gasteiger partial charge on any atom is -0.456 e. The van der Waals surface area contributed by atoms with E-state index in [0.29, 0.717) is 0 Å². The number of rotatable bonds is 4. The van der Waals surface area contributed by atoms with Crippen molar-refractivity contribution in [3.63, 3.8) is 0 Å². The van der Waals surface area contributed by atoms with Crippen molar-refractivity contribution in [1.82, 2.24) is 0 Å². The van der Waals surface area contributed by atoms with E-state index in [2.05, 4.69) is 157 Å². The fourth-order valence-electron chi connectivity index (χ4n) is 7.96. The Labute approximate surface area is 269 Å². The van der Waals surface area contributed by atoms with Crippen LogP contribution in [0.2, 0.25) is 0 Å². The summed E-state index contributed by atoms with van der Waals surface area (Å²) in [6.45, 7) is 0. The Hall–Kier alpha value is -6.32. The Kier molecular flexibility index (Phi) is 4.84. The summed E-state index contributed by atoms with van der Waals surface area (Å²) in [6.07, 6.45) is 0. The van der Waals surface area contributed by atoms with Gasteiger partial charge in [-0.3, -0.25) is 0 Å². The average Bonchev–Trinajstić information content (AvgIpc) is 3.66. The summed E-state index contributed by atoms with van der Waals surface area (Å²) in [6, 6.07) is 54.2. The molecule has 2 aromatic heterocycles. The number of hydrogen-bond acceptors (Lipinski definition) is 3. The van der Waals surface area contributed by atoms with Crippen molar-refractivity contribution < 1.29 is 8.83 Å². The molecule has 1 aliphatic carbocycles. The van der Waals surface area contributed by atoms with E-state index >= 15 is 0 Å². The fraction of sp³-hybridized carbons (Fsp3) is 0. The molecular weight excluding hydrogens is 574 g/mol. The maximum absolute atomic E-state index is 6.56. The lowest BCUT2D eigenvalue weighted by Crippen LogP contribution is -2.09. The van der Waals surface area contributed by atoms with Crippen molar-refractivity contribution in [2.75, 3.05) is 4.90 Å². The summed E-state index contributed by atoms with van der Waals surface area (Å²) in [5.74, 6) is 0. The van der Waals surface area contributed by atoms with Gasteiger partial charge in [-0.05, 0) is 93.5 Å². The Bertz CT molecular complexity index is 2910. The van der Waals surface area contributed by atoms with Crippen LogP contribution in [-0.4, -0.2) is 0 Å². The molecule has 0 saturated heterocycles. The zero-order chi connectivity index (χ0) is 30.6. The summed E-state index contributed by atoms with van der Waals surface area (Å²) < 4.78 is 13.0. The van der Waals surface area contributed by atoms with Gasteiger partial charge in [-0.2, -0.15) is 0 Å². The van der Waals surface area contributed by atoms with E-state index in [-0.39, 0.29) is 0 Å². The van der Waals surface area contributed by atoms with Crippen molar-refractivity contribution >= 4 is 82.5 Å². The van der Waals surface area contributed by atoms with Gasteiger partial charge >= 0.3 is 0 Å². The molecule has 0 aliphatic heterocycles. The van der Waals surface area contributed by atoms with E-state index < -0.39 is 0 Å². The summed E-state index contributed by atoms with van der Waals surface area (Å²) >= 11 is 0. The molecule has 0 N–H and O–H groups in total. The third kappa shape index (κ3) is 3.40. The molecule has 47 heavy (non-hydrogen) atoms. The number of fused-ring (bicyclic) bond motifs is 2. The Morgan fingerprint density at radius 1 is 0.340 bits per heavy atom. The molecule has 11 rings (SSSR count). The van der Waals surface area contributed by atoms with Crippen LogP contribution in [-0.2, 0) is 0 Å². The maximum atomic E-state index is 6.56. The third-order valence-electron chi connectivity index (χ3n) is 9.93. The standard InChI is InChI=1S/C44H25NO2/c1-2-11-30(12-3-1)45(32-19-16-26-8-4-5-9-28(26)24-32)31-13-6-10-29(25-31)33-20-23-38-44-40(33)34-14-7-15-35-41(34)42-36(46-35)21-17-27-18-22-37(47-38)43(44)39(27)42/h1-25H. The lowest BCUT2D eigenvalue weighted by molar-refractivity contribution is 0.669. The van der Waals surface area contributed by atoms with Crippen LogP contribution < -0.4 is 4.90 Å². The largest absolute Gasteiger partial charge is 0.456 e. The van der Waals surface area contributed by atoms with Gasteiger partial charge < -0.3 is 13.7 Å². The lowest BCUT2D eigenvalue weighted by atomic mass is 9.90. The average molecular weight is 600 g/mol. The summed E-state index contributed by atoms with van der Waals surface area (Å²) in [4.78, 5) is 2.35. The molecule has 0 atom stereocenters. The van der Waals surface area contributed by atoms with Crippen molar-refractivity contribution in [2.24, 2.45) is 0 Å². The first-order valence-electron chi connectivity index (χ1n) is 16.0. The Morgan fingerprint density at radius 2 is 0.979 bits per heavy atom. The maximum Gasteiger partial charge on any atom is 0.136 e. The Morgan fingerprint density at radius 3 is 1.83 bits per heavy atom. The highest BCUT2D eigenvalue weighted by atomic mass is 16.3. The molecule has 1 aliphatic rings. The first kappa shape index (κ1) is 24.9. The first-order valence-corrected chi connectivity index (χ1v) is 16.0. The van der Waals surface area contributed by atoms with Crippen molar-refractivity contribution in [3.05, 3.63) is 152 Å². The van der Waals surface area contributed by atoms with E-state index in [4.69, 9.17) is 8.83 Å². The van der Waals surface area contributed by atoms with Crippen LogP contribution in [0.4, 0.5) is 17.1 Å². The number of furan rings is 2. The number of nitrogens with zero attached hydrogens (tertiary/aromatic N) is 1. The third-order valence-corrected chi connectivity index (χ3v) is 9.93. The molecule has 0 bridgehead atoms. The van der Waals surface area contributed by atoms with Gasteiger partial charge in [0.05, 0.1) is 0 Å². The molecule has 10 aromatic rings. The highest BCUT2D eigenvalue weighted by molar-refractivity contribution is 6.37. The van der Waals surface area contributed by atoms with Crippen LogP contribution in [0.3, 0.4) is 0 Å². The minimum absolute atomic E-state index is 0.903. The SMILES string of the molecule is c1ccc(N(c2cccc(-c3ccc4oc5ccc6ccc7oc8cccc9c8c7c6c5c4c3-9)c2)c2ccc3ccccc3c2)cc1. The highest BCUT2D eigenvalue weighted by Crippen LogP contribution is 2.53. The van der Waals surface area contributed by atoms with Crippen LogP contribution in [0, 0.1) is 0 Å². The quantitative estimate of drug-likeness (QED) is 0.202. The molecule has 3 heteroatoms. The highest BCUT2D eigenvalue weighted by Gasteiger charge is 2.27. The molecular formula is C44H25NO2.